The maximum absolute atomic E-state index is 11.5. The summed E-state index contributed by atoms with van der Waals surface area (Å²) in [5, 5.41) is 3.85. The third kappa shape index (κ3) is 3.98. The first-order valence-corrected chi connectivity index (χ1v) is 8.90. The van der Waals surface area contributed by atoms with E-state index in [1.807, 2.05) is 24.3 Å². The van der Waals surface area contributed by atoms with E-state index in [0.29, 0.717) is 16.5 Å². The molecule has 0 aromatic heterocycles. The molecule has 0 spiro atoms. The van der Waals surface area contributed by atoms with Crippen LogP contribution in [0.4, 0.5) is 5.69 Å². The standard InChI is InChI=1S/C14H13BrClNO2S/c1-20(18,19)12-4-2-3-11(8-12)17-9-10-5-6-14(16)13(15)7-10/h2-8,17H,9H2,1H3. The van der Waals surface area contributed by atoms with Gasteiger partial charge in [-0.1, -0.05) is 23.7 Å². The zero-order valence-electron chi connectivity index (χ0n) is 10.7. The van der Waals surface area contributed by atoms with Gasteiger partial charge in [0, 0.05) is 23.0 Å². The molecule has 0 fully saturated rings. The van der Waals surface area contributed by atoms with Gasteiger partial charge in [0.15, 0.2) is 9.84 Å². The summed E-state index contributed by atoms with van der Waals surface area (Å²) in [4.78, 5) is 0.305. The lowest BCUT2D eigenvalue weighted by atomic mass is 10.2. The lowest BCUT2D eigenvalue weighted by molar-refractivity contribution is 0.602. The van der Waals surface area contributed by atoms with E-state index in [2.05, 4.69) is 21.2 Å². The highest BCUT2D eigenvalue weighted by atomic mass is 79.9. The molecule has 0 bridgehead atoms. The van der Waals surface area contributed by atoms with E-state index in [9.17, 15) is 8.42 Å². The summed E-state index contributed by atoms with van der Waals surface area (Å²) in [6.45, 7) is 0.586. The Labute approximate surface area is 132 Å². The summed E-state index contributed by atoms with van der Waals surface area (Å²) < 4.78 is 23.8. The van der Waals surface area contributed by atoms with Crippen LogP contribution in [0.2, 0.25) is 5.02 Å². The van der Waals surface area contributed by atoms with E-state index < -0.39 is 9.84 Å². The maximum Gasteiger partial charge on any atom is 0.175 e. The van der Waals surface area contributed by atoms with E-state index in [0.717, 1.165) is 15.7 Å². The first kappa shape index (κ1) is 15.4. The molecule has 0 saturated carbocycles. The molecule has 0 heterocycles. The van der Waals surface area contributed by atoms with E-state index in [1.54, 1.807) is 18.2 Å². The summed E-state index contributed by atoms with van der Waals surface area (Å²) in [6, 6.07) is 12.4. The molecular formula is C14H13BrClNO2S. The fourth-order valence-corrected chi connectivity index (χ4v) is 2.90. The van der Waals surface area contributed by atoms with Crippen LogP contribution in [0.3, 0.4) is 0 Å². The van der Waals surface area contributed by atoms with Crippen molar-refractivity contribution in [2.24, 2.45) is 0 Å². The molecule has 0 aliphatic heterocycles. The van der Waals surface area contributed by atoms with Gasteiger partial charge in [0.25, 0.3) is 0 Å². The molecule has 0 amide bonds. The van der Waals surface area contributed by atoms with Crippen molar-refractivity contribution in [3.05, 3.63) is 57.5 Å². The number of hydrogen-bond donors (Lipinski definition) is 1. The molecule has 3 nitrogen and oxygen atoms in total. The lowest BCUT2D eigenvalue weighted by Gasteiger charge is -2.08. The molecule has 1 N–H and O–H groups in total. The van der Waals surface area contributed by atoms with Gasteiger partial charge in [-0.05, 0) is 51.8 Å². The zero-order valence-corrected chi connectivity index (χ0v) is 13.9. The molecule has 20 heavy (non-hydrogen) atoms. The first-order chi connectivity index (χ1) is 9.36. The van der Waals surface area contributed by atoms with Gasteiger partial charge in [-0.15, -0.1) is 0 Å². The van der Waals surface area contributed by atoms with Crippen LogP contribution in [-0.2, 0) is 16.4 Å². The molecule has 0 unspecified atom stereocenters. The summed E-state index contributed by atoms with van der Waals surface area (Å²) in [6.07, 6.45) is 1.20. The molecule has 0 atom stereocenters. The van der Waals surface area contributed by atoms with Crippen molar-refractivity contribution in [3.63, 3.8) is 0 Å². The Balaban J connectivity index is 2.13. The van der Waals surface area contributed by atoms with Crippen molar-refractivity contribution in [3.8, 4) is 0 Å². The van der Waals surface area contributed by atoms with Crippen LogP contribution in [-0.4, -0.2) is 14.7 Å². The Morgan fingerprint density at radius 3 is 2.60 bits per heavy atom. The second-order valence-electron chi connectivity index (χ2n) is 4.40. The van der Waals surface area contributed by atoms with Gasteiger partial charge in [0.05, 0.1) is 9.92 Å². The van der Waals surface area contributed by atoms with Gasteiger partial charge >= 0.3 is 0 Å². The van der Waals surface area contributed by atoms with Crippen LogP contribution < -0.4 is 5.32 Å². The van der Waals surface area contributed by atoms with Crippen molar-refractivity contribution >= 4 is 43.1 Å². The molecule has 0 aliphatic rings. The van der Waals surface area contributed by atoms with Crippen LogP contribution in [0.1, 0.15) is 5.56 Å². The van der Waals surface area contributed by atoms with Gasteiger partial charge in [-0.25, -0.2) is 8.42 Å². The van der Waals surface area contributed by atoms with Crippen molar-refractivity contribution in [1.82, 2.24) is 0 Å². The van der Waals surface area contributed by atoms with E-state index in [4.69, 9.17) is 11.6 Å². The minimum Gasteiger partial charge on any atom is -0.381 e. The fourth-order valence-electron chi connectivity index (χ4n) is 1.69. The average molecular weight is 375 g/mol. The van der Waals surface area contributed by atoms with E-state index in [1.165, 1.54) is 6.26 Å². The number of nitrogens with one attached hydrogen (secondary N) is 1. The predicted octanol–water partition coefficient (Wildman–Crippen LogP) is 4.12. The predicted molar refractivity (Wildman–Crippen MR) is 86.0 cm³/mol. The van der Waals surface area contributed by atoms with Crippen LogP contribution >= 0.6 is 27.5 Å². The van der Waals surface area contributed by atoms with Crippen molar-refractivity contribution in [2.75, 3.05) is 11.6 Å². The Hall–Kier alpha value is -1.04. The van der Waals surface area contributed by atoms with Crippen LogP contribution in [0, 0.1) is 0 Å². The molecule has 2 aromatic rings. The molecular weight excluding hydrogens is 362 g/mol. The molecule has 0 saturated heterocycles. The topological polar surface area (TPSA) is 46.2 Å². The van der Waals surface area contributed by atoms with Crippen molar-refractivity contribution in [1.29, 1.82) is 0 Å². The highest BCUT2D eigenvalue weighted by Crippen LogP contribution is 2.24. The van der Waals surface area contributed by atoms with Gasteiger partial charge in [-0.2, -0.15) is 0 Å². The fraction of sp³-hybridized carbons (Fsp3) is 0.143. The first-order valence-electron chi connectivity index (χ1n) is 5.84. The Kier molecular flexibility index (Phi) is 4.73. The third-order valence-corrected chi connectivity index (χ3v) is 5.07. The highest BCUT2D eigenvalue weighted by Gasteiger charge is 2.07. The molecule has 2 rings (SSSR count). The van der Waals surface area contributed by atoms with Crippen LogP contribution in [0.5, 0.6) is 0 Å². The van der Waals surface area contributed by atoms with Gasteiger partial charge < -0.3 is 5.32 Å². The molecule has 0 radical (unpaired) electrons. The number of rotatable bonds is 4. The SMILES string of the molecule is CS(=O)(=O)c1cccc(NCc2ccc(Cl)c(Br)c2)c1. The van der Waals surface area contributed by atoms with Gasteiger partial charge in [0.2, 0.25) is 0 Å². The number of hydrogen-bond acceptors (Lipinski definition) is 3. The summed E-state index contributed by atoms with van der Waals surface area (Å²) in [7, 11) is -3.19. The number of halogens is 2. The molecule has 106 valence electrons. The third-order valence-electron chi connectivity index (χ3n) is 2.74. The largest absolute Gasteiger partial charge is 0.381 e. The van der Waals surface area contributed by atoms with Crippen molar-refractivity contribution in [2.45, 2.75) is 11.4 Å². The van der Waals surface area contributed by atoms with Gasteiger partial charge in [-0.3, -0.25) is 0 Å². The summed E-state index contributed by atoms with van der Waals surface area (Å²) >= 11 is 9.31. The normalized spacial score (nSPS) is 11.3. The number of sulfone groups is 1. The summed E-state index contributed by atoms with van der Waals surface area (Å²) in [5.74, 6) is 0. The average Bonchev–Trinajstić information content (AvgIpc) is 2.39. The van der Waals surface area contributed by atoms with Gasteiger partial charge in [0.1, 0.15) is 0 Å². The van der Waals surface area contributed by atoms with Crippen LogP contribution in [0.25, 0.3) is 0 Å². The number of anilines is 1. The smallest absolute Gasteiger partial charge is 0.175 e. The maximum atomic E-state index is 11.5. The minimum atomic E-state index is -3.19. The van der Waals surface area contributed by atoms with Crippen molar-refractivity contribution < 1.29 is 8.42 Å². The van der Waals surface area contributed by atoms with Crippen LogP contribution in [0.15, 0.2) is 51.8 Å². The Morgan fingerprint density at radius 1 is 1.20 bits per heavy atom. The molecule has 2 aromatic carbocycles. The lowest BCUT2D eigenvalue weighted by Crippen LogP contribution is -2.02. The molecule has 6 heteroatoms. The summed E-state index contributed by atoms with van der Waals surface area (Å²) in [5.41, 5.74) is 1.81. The quantitative estimate of drug-likeness (QED) is 0.875. The van der Waals surface area contributed by atoms with E-state index >= 15 is 0 Å². The Bertz CT molecular complexity index is 732. The second-order valence-corrected chi connectivity index (χ2v) is 7.68. The monoisotopic (exact) mass is 373 g/mol. The Morgan fingerprint density at radius 2 is 1.95 bits per heavy atom. The minimum absolute atomic E-state index is 0.305. The molecule has 0 aliphatic carbocycles. The second kappa shape index (κ2) is 6.16. The highest BCUT2D eigenvalue weighted by molar-refractivity contribution is 9.10. The zero-order chi connectivity index (χ0) is 14.8. The van der Waals surface area contributed by atoms with E-state index in [-0.39, 0.29) is 0 Å². The number of benzene rings is 2.